The Morgan fingerprint density at radius 3 is 0.609 bits per heavy atom. The fraction of sp³-hybridized carbons (Fsp3) is 1.00. The first-order chi connectivity index (χ1) is 22.1. The largest absolute Gasteiger partial charge is 0.395 e. The minimum atomic E-state index is -2.54. The number of hydrogen-bond acceptors (Lipinski definition) is 13. The topological polar surface area (TPSA) is 166 Å². The van der Waals surface area contributed by atoms with Gasteiger partial charge in [-0.1, -0.05) is 51.4 Å². The van der Waals surface area contributed by atoms with E-state index >= 15 is 0 Å². The van der Waals surface area contributed by atoms with Crippen LogP contribution in [-0.2, 0) is 40.5 Å². The minimum Gasteiger partial charge on any atom is -0.395 e. The van der Waals surface area contributed by atoms with Crippen LogP contribution in [0.3, 0.4) is 0 Å². The molecule has 5 saturated heterocycles. The summed E-state index contributed by atoms with van der Waals surface area (Å²) in [7, 11) is -2.54. The van der Waals surface area contributed by atoms with Crippen molar-refractivity contribution in [2.24, 2.45) is 53.2 Å². The van der Waals surface area contributed by atoms with E-state index in [-0.39, 0.29) is 16.8 Å². The fourth-order valence-electron chi connectivity index (χ4n) is 12.0. The molecule has 12 nitrogen and oxygen atoms in total. The quantitative estimate of drug-likeness (QED) is 0.143. The van der Waals surface area contributed by atoms with Gasteiger partial charge in [0, 0.05) is 16.8 Å². The average molecular weight is 708 g/mol. The Kier molecular flexibility index (Phi) is 11.3. The van der Waals surface area contributed by atoms with Crippen molar-refractivity contribution in [2.75, 3.05) is 0 Å². The summed E-state index contributed by atoms with van der Waals surface area (Å²) in [4.78, 5) is 0. The van der Waals surface area contributed by atoms with Crippen LogP contribution in [0.2, 0.25) is 0 Å². The van der Waals surface area contributed by atoms with E-state index in [9.17, 15) is 0 Å². The molecule has 0 aromatic rings. The second-order valence-corrected chi connectivity index (χ2v) is 16.5. The van der Waals surface area contributed by atoms with Gasteiger partial charge in [-0.2, -0.15) is 0 Å². The van der Waals surface area contributed by atoms with Gasteiger partial charge in [0.25, 0.3) is 0 Å². The van der Waals surface area contributed by atoms with Gasteiger partial charge in [-0.25, -0.2) is 5.90 Å². The second-order valence-electron chi connectivity index (χ2n) is 15.9. The molecular formula is C32H58CoN9O3S-. The monoisotopic (exact) mass is 707 g/mol. The van der Waals surface area contributed by atoms with Crippen LogP contribution in [0.1, 0.15) is 103 Å². The molecule has 4 aliphatic carbocycles. The molecule has 8 unspecified atom stereocenters. The molecule has 0 aromatic carbocycles. The molecule has 46 heavy (non-hydrogen) atoms. The van der Waals surface area contributed by atoms with Crippen LogP contribution < -0.4 is 48.4 Å². The zero-order valence-electron chi connectivity index (χ0n) is 27.1. The molecule has 9 aliphatic rings. The first-order valence-electron chi connectivity index (χ1n) is 18.6. The predicted molar refractivity (Wildman–Crippen MR) is 171 cm³/mol. The van der Waals surface area contributed by atoms with Gasteiger partial charge in [0.15, 0.2) is 0 Å². The number of nitrogens with one attached hydrogen (secondary N) is 8. The molecule has 14 heteroatoms. The normalized spacial score (nSPS) is 51.1. The third kappa shape index (κ3) is 6.74. The molecule has 9 rings (SSSR count). The fourth-order valence-corrected chi connectivity index (χ4v) is 12.0. The van der Waals surface area contributed by atoms with Gasteiger partial charge in [0.1, 0.15) is 0 Å². The van der Waals surface area contributed by atoms with E-state index < -0.39 is 11.0 Å². The summed E-state index contributed by atoms with van der Waals surface area (Å²) in [6.07, 6.45) is 25.6. The van der Waals surface area contributed by atoms with Crippen molar-refractivity contribution in [3.8, 4) is 0 Å². The average Bonchev–Trinajstić information content (AvgIpc) is 3.81. The standard InChI is InChI=1S/C32H56N8.Co.H2NO3S/c1-2-10-18-17(9-1)25-33-26(18)38-28-21-13-5-6-14-22(21)30(35-28)40-32-24-16-8-7-15-23(24)31(36-32)39-29-20-12-4-3-11-19(20)27(34-29)37-25;;1-4-5(2)3/h17-40H,1-16H2;;1H2/q;;-1. The zero-order valence-corrected chi connectivity index (χ0v) is 29.0. The summed E-state index contributed by atoms with van der Waals surface area (Å²) in [6, 6.07) is 0. The molecule has 1 radical (unpaired) electrons. The Morgan fingerprint density at radius 2 is 0.500 bits per heavy atom. The number of nitrogens with two attached hydrogens (primary N) is 1. The van der Waals surface area contributed by atoms with Crippen molar-refractivity contribution in [1.29, 1.82) is 0 Å². The maximum absolute atomic E-state index is 9.02. The van der Waals surface area contributed by atoms with E-state index in [0.717, 1.165) is 47.3 Å². The van der Waals surface area contributed by atoms with Crippen molar-refractivity contribution in [3.63, 3.8) is 0 Å². The summed E-state index contributed by atoms with van der Waals surface area (Å²) < 4.78 is 21.2. The third-order valence-corrected chi connectivity index (χ3v) is 14.0. The van der Waals surface area contributed by atoms with Gasteiger partial charge in [-0.05, 0) is 98.7 Å². The molecular weight excluding hydrogens is 649 g/mol. The van der Waals surface area contributed by atoms with Gasteiger partial charge in [-0.3, -0.25) is 42.5 Å². The first-order valence-corrected chi connectivity index (χ1v) is 19.6. The zero-order chi connectivity index (χ0) is 30.5. The minimum absolute atomic E-state index is 0. The van der Waals surface area contributed by atoms with E-state index in [4.69, 9.17) is 8.42 Å². The smallest absolute Gasteiger partial charge is 0.0684 e. The van der Waals surface area contributed by atoms with Crippen LogP contribution in [0.5, 0.6) is 0 Å². The molecule has 4 saturated carbocycles. The summed E-state index contributed by atoms with van der Waals surface area (Å²) >= 11 is 0. The second kappa shape index (κ2) is 15.1. The van der Waals surface area contributed by atoms with Gasteiger partial charge >= 0.3 is 0 Å². The van der Waals surface area contributed by atoms with Crippen LogP contribution in [0, 0.1) is 47.3 Å². The molecule has 0 amide bonds. The van der Waals surface area contributed by atoms with Gasteiger partial charge in [0.2, 0.25) is 0 Å². The summed E-state index contributed by atoms with van der Waals surface area (Å²) in [5.41, 5.74) is 0. The molecule has 5 aliphatic heterocycles. The molecule has 0 spiro atoms. The molecule has 9 fully saturated rings. The molecule has 5 heterocycles. The Morgan fingerprint density at radius 1 is 0.370 bits per heavy atom. The van der Waals surface area contributed by atoms with Gasteiger partial charge < -0.3 is 12.7 Å². The van der Waals surface area contributed by atoms with Crippen LogP contribution in [0.15, 0.2) is 0 Å². The molecule has 265 valence electrons. The van der Waals surface area contributed by atoms with E-state index in [1.807, 2.05) is 0 Å². The third-order valence-electron chi connectivity index (χ3n) is 13.9. The first kappa shape index (κ1) is 34.5. The van der Waals surface area contributed by atoms with Crippen molar-refractivity contribution in [3.05, 3.63) is 0 Å². The number of hydrogen-bond donors (Lipinski definition) is 9. The molecule has 0 aromatic heterocycles. The van der Waals surface area contributed by atoms with E-state index in [1.165, 1.54) is 103 Å². The molecule has 8 atom stereocenters. The van der Waals surface area contributed by atoms with Crippen molar-refractivity contribution in [1.82, 2.24) is 42.5 Å². The van der Waals surface area contributed by atoms with E-state index in [1.54, 1.807) is 0 Å². The SMILES string of the molecule is C1CCC2C3NC(NC4NC(NC5NC(NC6NC(N3)C3CCCCC63)C3CCCCC53)C3CCCCC43)C2C1.NO[S-](=O)=O.[Co]. The Labute approximate surface area is 287 Å². The van der Waals surface area contributed by atoms with Crippen LogP contribution in [0.4, 0.5) is 0 Å². The van der Waals surface area contributed by atoms with Crippen molar-refractivity contribution in [2.45, 2.75) is 152 Å². The Balaban J connectivity index is 0.000000526. The van der Waals surface area contributed by atoms with Gasteiger partial charge in [0.05, 0.1) is 60.3 Å². The van der Waals surface area contributed by atoms with Gasteiger partial charge in [-0.15, -0.1) is 0 Å². The van der Waals surface area contributed by atoms with Crippen molar-refractivity contribution < 1.29 is 29.5 Å². The van der Waals surface area contributed by atoms with Crippen LogP contribution in [0.25, 0.3) is 0 Å². The summed E-state index contributed by atoms with van der Waals surface area (Å²) in [5.74, 6) is 10.0. The number of fused-ring (bicyclic) bond motifs is 20. The van der Waals surface area contributed by atoms with Crippen molar-refractivity contribution >= 4 is 11.0 Å². The Hall–Kier alpha value is 0.0565. The van der Waals surface area contributed by atoms with E-state index in [2.05, 4.69) is 52.7 Å². The molecule has 10 N–H and O–H groups in total. The maximum Gasteiger partial charge on any atom is 0.0684 e. The van der Waals surface area contributed by atoms with Crippen LogP contribution in [-0.4, -0.2) is 49.3 Å². The summed E-state index contributed by atoms with van der Waals surface area (Å²) in [6.45, 7) is 0. The molecule has 8 bridgehead atoms. The Bertz CT molecular complexity index is 893. The number of rotatable bonds is 1. The maximum atomic E-state index is 9.02. The van der Waals surface area contributed by atoms with E-state index in [0.29, 0.717) is 49.3 Å². The predicted octanol–water partition coefficient (Wildman–Crippen LogP) is 1.70. The van der Waals surface area contributed by atoms with Crippen LogP contribution >= 0.6 is 0 Å². The summed E-state index contributed by atoms with van der Waals surface area (Å²) in [5, 5.41) is 33.8.